The first kappa shape index (κ1) is 12.4. The van der Waals surface area contributed by atoms with Crippen molar-refractivity contribution in [3.63, 3.8) is 0 Å². The number of hydrogen-bond donors (Lipinski definition) is 1. The van der Waals surface area contributed by atoms with Gasteiger partial charge in [-0.1, -0.05) is 11.6 Å². The highest BCUT2D eigenvalue weighted by molar-refractivity contribution is 6.32. The maximum Gasteiger partial charge on any atom is 0.224 e. The lowest BCUT2D eigenvalue weighted by molar-refractivity contribution is 0.118. The zero-order chi connectivity index (χ0) is 12.4. The first-order valence-corrected chi connectivity index (χ1v) is 6.06. The van der Waals surface area contributed by atoms with E-state index in [0.29, 0.717) is 17.0 Å². The van der Waals surface area contributed by atoms with Crippen molar-refractivity contribution in [2.24, 2.45) is 0 Å². The maximum absolute atomic E-state index is 6.14. The van der Waals surface area contributed by atoms with Crippen LogP contribution in [0.1, 0.15) is 13.3 Å². The van der Waals surface area contributed by atoms with Crippen LogP contribution in [-0.4, -0.2) is 42.8 Å². The second-order valence-corrected chi connectivity index (χ2v) is 4.57. The van der Waals surface area contributed by atoms with Gasteiger partial charge in [0.2, 0.25) is 5.95 Å². The number of halogens is 1. The molecule has 2 heterocycles. The highest BCUT2D eigenvalue weighted by Crippen LogP contribution is 2.28. The largest absolute Gasteiger partial charge is 0.376 e. The SMILES string of the molecule is CNc1ncc(Cl)c(N(C)C2CCOC2C)n1. The lowest BCUT2D eigenvalue weighted by atomic mass is 10.1. The van der Waals surface area contributed by atoms with Gasteiger partial charge >= 0.3 is 0 Å². The van der Waals surface area contributed by atoms with Gasteiger partial charge in [-0.05, 0) is 13.3 Å². The van der Waals surface area contributed by atoms with Crippen LogP contribution in [0.3, 0.4) is 0 Å². The molecule has 2 unspecified atom stereocenters. The molecule has 2 rings (SSSR count). The first-order valence-electron chi connectivity index (χ1n) is 5.68. The number of likely N-dealkylation sites (N-methyl/N-ethyl adjacent to an activating group) is 1. The Hall–Kier alpha value is -1.07. The maximum atomic E-state index is 6.14. The molecule has 1 aromatic rings. The van der Waals surface area contributed by atoms with Gasteiger partial charge in [0.15, 0.2) is 5.82 Å². The third kappa shape index (κ3) is 2.45. The topological polar surface area (TPSA) is 50.3 Å². The summed E-state index contributed by atoms with van der Waals surface area (Å²) in [7, 11) is 3.78. The van der Waals surface area contributed by atoms with Crippen LogP contribution in [0.2, 0.25) is 5.02 Å². The van der Waals surface area contributed by atoms with Crippen LogP contribution in [-0.2, 0) is 4.74 Å². The molecule has 17 heavy (non-hydrogen) atoms. The van der Waals surface area contributed by atoms with Crippen LogP contribution >= 0.6 is 11.6 Å². The van der Waals surface area contributed by atoms with Crippen molar-refractivity contribution in [2.45, 2.75) is 25.5 Å². The summed E-state index contributed by atoms with van der Waals surface area (Å²) in [5.74, 6) is 1.32. The average molecular weight is 257 g/mol. The molecule has 1 aliphatic rings. The third-order valence-corrected chi connectivity index (χ3v) is 3.38. The van der Waals surface area contributed by atoms with Gasteiger partial charge in [-0.2, -0.15) is 4.98 Å². The molecule has 0 aliphatic carbocycles. The Morgan fingerprint density at radius 2 is 2.35 bits per heavy atom. The summed E-state index contributed by atoms with van der Waals surface area (Å²) in [6.45, 7) is 2.86. The average Bonchev–Trinajstić information content (AvgIpc) is 2.75. The molecule has 94 valence electrons. The highest BCUT2D eigenvalue weighted by Gasteiger charge is 2.29. The minimum atomic E-state index is 0.198. The zero-order valence-corrected chi connectivity index (χ0v) is 11.0. The fraction of sp³-hybridized carbons (Fsp3) is 0.636. The molecule has 1 N–H and O–H groups in total. The Bertz CT molecular complexity index is 401. The van der Waals surface area contributed by atoms with Gasteiger partial charge in [0.25, 0.3) is 0 Å². The summed E-state index contributed by atoms with van der Waals surface area (Å²) in [6, 6.07) is 0.312. The predicted molar refractivity (Wildman–Crippen MR) is 68.8 cm³/mol. The van der Waals surface area contributed by atoms with E-state index in [9.17, 15) is 0 Å². The van der Waals surface area contributed by atoms with E-state index in [0.717, 1.165) is 18.8 Å². The van der Waals surface area contributed by atoms with Gasteiger partial charge in [0.05, 0.1) is 18.3 Å². The Balaban J connectivity index is 2.26. The van der Waals surface area contributed by atoms with Crippen LogP contribution in [0.4, 0.5) is 11.8 Å². The van der Waals surface area contributed by atoms with Crippen molar-refractivity contribution in [1.29, 1.82) is 0 Å². The summed E-state index contributed by atoms with van der Waals surface area (Å²) in [6.07, 6.45) is 2.81. The lowest BCUT2D eigenvalue weighted by Crippen LogP contribution is -2.37. The Morgan fingerprint density at radius 1 is 1.59 bits per heavy atom. The molecule has 1 aliphatic heterocycles. The number of nitrogens with one attached hydrogen (secondary N) is 1. The van der Waals surface area contributed by atoms with Crippen molar-refractivity contribution in [1.82, 2.24) is 9.97 Å². The van der Waals surface area contributed by atoms with E-state index in [2.05, 4.69) is 27.1 Å². The van der Waals surface area contributed by atoms with Crippen molar-refractivity contribution in [3.8, 4) is 0 Å². The molecule has 0 amide bonds. The lowest BCUT2D eigenvalue weighted by Gasteiger charge is -2.28. The minimum Gasteiger partial charge on any atom is -0.376 e. The molecular formula is C11H17ClN4O. The van der Waals surface area contributed by atoms with Crippen molar-refractivity contribution >= 4 is 23.4 Å². The standard InChI is InChI=1S/C11H17ClN4O/c1-7-9(4-5-17-7)16(3)10-8(12)6-14-11(13-2)15-10/h6-7,9H,4-5H2,1-3H3,(H,13,14,15). The summed E-state index contributed by atoms with van der Waals surface area (Å²) in [4.78, 5) is 10.5. The number of hydrogen-bond acceptors (Lipinski definition) is 5. The molecule has 1 fully saturated rings. The van der Waals surface area contributed by atoms with E-state index in [4.69, 9.17) is 16.3 Å². The van der Waals surface area contributed by atoms with Gasteiger partial charge in [0, 0.05) is 20.7 Å². The molecule has 0 bridgehead atoms. The molecule has 5 nitrogen and oxygen atoms in total. The highest BCUT2D eigenvalue weighted by atomic mass is 35.5. The Labute approximate surface area is 106 Å². The molecule has 0 aromatic carbocycles. The Kier molecular flexibility index (Phi) is 3.69. The van der Waals surface area contributed by atoms with Crippen molar-refractivity contribution in [3.05, 3.63) is 11.2 Å². The molecule has 6 heteroatoms. The van der Waals surface area contributed by atoms with Crippen molar-refractivity contribution in [2.75, 3.05) is 30.9 Å². The Morgan fingerprint density at radius 3 is 2.94 bits per heavy atom. The van der Waals surface area contributed by atoms with E-state index < -0.39 is 0 Å². The van der Waals surface area contributed by atoms with Crippen LogP contribution in [0.15, 0.2) is 6.20 Å². The van der Waals surface area contributed by atoms with E-state index in [-0.39, 0.29) is 6.10 Å². The number of ether oxygens (including phenoxy) is 1. The molecule has 0 saturated carbocycles. The van der Waals surface area contributed by atoms with Crippen molar-refractivity contribution < 1.29 is 4.74 Å². The summed E-state index contributed by atoms with van der Waals surface area (Å²) >= 11 is 6.14. The van der Waals surface area contributed by atoms with Gasteiger partial charge in [-0.15, -0.1) is 0 Å². The van der Waals surface area contributed by atoms with Crippen LogP contribution < -0.4 is 10.2 Å². The number of nitrogens with zero attached hydrogens (tertiary/aromatic N) is 3. The number of aromatic nitrogens is 2. The quantitative estimate of drug-likeness (QED) is 0.894. The number of anilines is 2. The predicted octanol–water partition coefficient (Wildman–Crippen LogP) is 1.79. The fourth-order valence-electron chi connectivity index (χ4n) is 2.11. The molecule has 0 spiro atoms. The normalized spacial score (nSPS) is 23.8. The van der Waals surface area contributed by atoms with Crippen LogP contribution in [0.25, 0.3) is 0 Å². The van der Waals surface area contributed by atoms with E-state index in [1.54, 1.807) is 13.2 Å². The van der Waals surface area contributed by atoms with Gasteiger partial charge in [0.1, 0.15) is 5.02 Å². The summed E-state index contributed by atoms with van der Waals surface area (Å²) in [5, 5.41) is 3.47. The summed E-state index contributed by atoms with van der Waals surface area (Å²) < 4.78 is 5.56. The van der Waals surface area contributed by atoms with Crippen LogP contribution in [0, 0.1) is 0 Å². The summed E-state index contributed by atoms with van der Waals surface area (Å²) in [5.41, 5.74) is 0. The molecule has 1 saturated heterocycles. The van der Waals surface area contributed by atoms with Gasteiger partial charge in [-0.3, -0.25) is 0 Å². The molecular weight excluding hydrogens is 240 g/mol. The minimum absolute atomic E-state index is 0.198. The van der Waals surface area contributed by atoms with E-state index >= 15 is 0 Å². The monoisotopic (exact) mass is 256 g/mol. The third-order valence-electron chi connectivity index (χ3n) is 3.12. The fourth-order valence-corrected chi connectivity index (χ4v) is 2.34. The second-order valence-electron chi connectivity index (χ2n) is 4.16. The second kappa shape index (κ2) is 5.06. The zero-order valence-electron chi connectivity index (χ0n) is 10.3. The molecule has 1 aromatic heterocycles. The first-order chi connectivity index (χ1) is 8.13. The number of rotatable bonds is 3. The van der Waals surface area contributed by atoms with Gasteiger partial charge in [-0.25, -0.2) is 4.98 Å². The van der Waals surface area contributed by atoms with Crippen LogP contribution in [0.5, 0.6) is 0 Å². The molecule has 0 radical (unpaired) electrons. The smallest absolute Gasteiger partial charge is 0.224 e. The van der Waals surface area contributed by atoms with E-state index in [1.807, 2.05) is 7.05 Å². The van der Waals surface area contributed by atoms with Gasteiger partial charge < -0.3 is 15.0 Å². The van der Waals surface area contributed by atoms with E-state index in [1.165, 1.54) is 0 Å². The molecule has 2 atom stereocenters.